The molecule has 1 fully saturated rings. The van der Waals surface area contributed by atoms with E-state index in [9.17, 15) is 18.0 Å². The molecule has 0 bridgehead atoms. The van der Waals surface area contributed by atoms with Crippen molar-refractivity contribution in [3.8, 4) is 5.75 Å². The van der Waals surface area contributed by atoms with Crippen molar-refractivity contribution in [2.75, 3.05) is 13.2 Å². The number of amides is 2. The summed E-state index contributed by atoms with van der Waals surface area (Å²) in [5.41, 5.74) is 0.772. The number of nitrogens with one attached hydrogen (secondary N) is 1. The Bertz CT molecular complexity index is 1210. The van der Waals surface area contributed by atoms with Crippen LogP contribution in [0.3, 0.4) is 0 Å². The van der Waals surface area contributed by atoms with Gasteiger partial charge < -0.3 is 15.0 Å². The lowest BCUT2D eigenvalue weighted by Crippen LogP contribution is -2.43. The minimum absolute atomic E-state index is 0.150. The van der Waals surface area contributed by atoms with Gasteiger partial charge in [0.1, 0.15) is 17.9 Å². The highest BCUT2D eigenvalue weighted by atomic mass is 35.5. The Kier molecular flexibility index (Phi) is 6.31. The average Bonchev–Trinajstić information content (AvgIpc) is 3.49. The van der Waals surface area contributed by atoms with E-state index in [4.69, 9.17) is 16.3 Å². The zero-order valence-corrected chi connectivity index (χ0v) is 19.4. The van der Waals surface area contributed by atoms with E-state index in [1.165, 1.54) is 12.4 Å². The Labute approximate surface area is 204 Å². The summed E-state index contributed by atoms with van der Waals surface area (Å²) in [5.74, 6) is 0.840. The summed E-state index contributed by atoms with van der Waals surface area (Å²) < 4.78 is 46.5. The molecule has 0 aliphatic carbocycles. The monoisotopic (exact) mass is 505 g/mol. The van der Waals surface area contributed by atoms with Gasteiger partial charge >= 0.3 is 12.2 Å². The molecule has 3 heterocycles. The standard InChI is InChI=1S/C24H23ClF3N5O2/c25-17-6-3-15(4-7-17)13-33-22(29-14-30-33)20-2-1-10-32(20)23(34)31-19-9-11-35-21-12-16(24(26,27)28)5-8-18(19)21/h3-8,12,14,19-20H,1-2,9-11,13H2,(H,31,34)/t19?,20-/m1/s1. The highest BCUT2D eigenvalue weighted by molar-refractivity contribution is 6.30. The SMILES string of the molecule is O=C(NC1CCOc2cc(C(F)(F)F)ccc21)N1CCC[C@@H]1c1ncnn1Cc1ccc(Cl)cc1. The van der Waals surface area contributed by atoms with Crippen LogP contribution in [0.1, 0.15) is 53.9 Å². The number of hydrogen-bond donors (Lipinski definition) is 1. The molecule has 0 radical (unpaired) electrons. The summed E-state index contributed by atoms with van der Waals surface area (Å²) in [6.07, 6.45) is -0.960. The first-order valence-corrected chi connectivity index (χ1v) is 11.7. The molecule has 11 heteroatoms. The van der Waals surface area contributed by atoms with Crippen LogP contribution in [-0.2, 0) is 12.7 Å². The molecule has 1 aromatic heterocycles. The number of carbonyl (C=O) groups is 1. The van der Waals surface area contributed by atoms with E-state index in [0.717, 1.165) is 30.5 Å². The molecule has 2 aliphatic rings. The van der Waals surface area contributed by atoms with Crippen LogP contribution in [0.4, 0.5) is 18.0 Å². The first-order valence-electron chi connectivity index (χ1n) is 11.3. The summed E-state index contributed by atoms with van der Waals surface area (Å²) in [4.78, 5) is 19.4. The van der Waals surface area contributed by atoms with Crippen molar-refractivity contribution in [2.45, 2.75) is 44.1 Å². The third-order valence-electron chi connectivity index (χ3n) is 6.38. The number of nitrogens with zero attached hydrogens (tertiary/aromatic N) is 4. The quantitative estimate of drug-likeness (QED) is 0.517. The minimum atomic E-state index is -4.46. The van der Waals surface area contributed by atoms with Crippen molar-refractivity contribution >= 4 is 17.6 Å². The first kappa shape index (κ1) is 23.5. The molecule has 1 saturated heterocycles. The molecule has 184 valence electrons. The second kappa shape index (κ2) is 9.41. The van der Waals surface area contributed by atoms with Gasteiger partial charge in [0.25, 0.3) is 0 Å². The molecule has 1 N–H and O–H groups in total. The summed E-state index contributed by atoms with van der Waals surface area (Å²) >= 11 is 5.98. The molecule has 3 aromatic rings. The second-order valence-corrected chi connectivity index (χ2v) is 9.08. The van der Waals surface area contributed by atoms with Crippen LogP contribution >= 0.6 is 11.6 Å². The smallest absolute Gasteiger partial charge is 0.416 e. The van der Waals surface area contributed by atoms with Gasteiger partial charge in [-0.25, -0.2) is 14.5 Å². The van der Waals surface area contributed by atoms with Crippen molar-refractivity contribution in [3.05, 3.63) is 76.3 Å². The Morgan fingerprint density at radius 1 is 1.17 bits per heavy atom. The van der Waals surface area contributed by atoms with Crippen molar-refractivity contribution in [2.24, 2.45) is 0 Å². The lowest BCUT2D eigenvalue weighted by molar-refractivity contribution is -0.137. The second-order valence-electron chi connectivity index (χ2n) is 8.64. The number of carbonyl (C=O) groups excluding carboxylic acids is 1. The largest absolute Gasteiger partial charge is 0.493 e. The molecule has 1 unspecified atom stereocenters. The van der Waals surface area contributed by atoms with Gasteiger partial charge in [0.05, 0.1) is 30.8 Å². The zero-order valence-electron chi connectivity index (χ0n) is 18.6. The Morgan fingerprint density at radius 2 is 1.97 bits per heavy atom. The molecule has 0 spiro atoms. The number of aromatic nitrogens is 3. The molecule has 5 rings (SSSR count). The first-order chi connectivity index (χ1) is 16.8. The molecular weight excluding hydrogens is 483 g/mol. The maximum Gasteiger partial charge on any atom is 0.416 e. The van der Waals surface area contributed by atoms with E-state index in [2.05, 4.69) is 15.4 Å². The lowest BCUT2D eigenvalue weighted by Gasteiger charge is -2.31. The summed E-state index contributed by atoms with van der Waals surface area (Å²) in [5, 5.41) is 8.00. The van der Waals surface area contributed by atoms with Crippen molar-refractivity contribution in [1.29, 1.82) is 0 Å². The summed E-state index contributed by atoms with van der Waals surface area (Å²) in [7, 11) is 0. The topological polar surface area (TPSA) is 72.3 Å². The highest BCUT2D eigenvalue weighted by Crippen LogP contribution is 2.38. The van der Waals surface area contributed by atoms with Gasteiger partial charge in [-0.1, -0.05) is 29.8 Å². The fourth-order valence-corrected chi connectivity index (χ4v) is 4.77. The molecule has 0 saturated carbocycles. The number of benzene rings is 2. The lowest BCUT2D eigenvalue weighted by atomic mass is 9.98. The fourth-order valence-electron chi connectivity index (χ4n) is 4.64. The van der Waals surface area contributed by atoms with Gasteiger partial charge in [0.2, 0.25) is 0 Å². The zero-order chi connectivity index (χ0) is 24.6. The molecule has 7 nitrogen and oxygen atoms in total. The van der Waals surface area contributed by atoms with Crippen molar-refractivity contribution in [1.82, 2.24) is 25.0 Å². The van der Waals surface area contributed by atoms with Crippen LogP contribution < -0.4 is 10.1 Å². The molecule has 35 heavy (non-hydrogen) atoms. The van der Waals surface area contributed by atoms with E-state index in [1.54, 1.807) is 9.58 Å². The van der Waals surface area contributed by atoms with E-state index in [-0.39, 0.29) is 24.4 Å². The fraction of sp³-hybridized carbons (Fsp3) is 0.375. The highest BCUT2D eigenvalue weighted by Gasteiger charge is 2.36. The Balaban J connectivity index is 1.32. The Morgan fingerprint density at radius 3 is 2.74 bits per heavy atom. The van der Waals surface area contributed by atoms with Gasteiger partial charge in [0.15, 0.2) is 0 Å². The Hall–Kier alpha value is -3.27. The van der Waals surface area contributed by atoms with Gasteiger partial charge in [-0.3, -0.25) is 0 Å². The third-order valence-corrected chi connectivity index (χ3v) is 6.63. The molecule has 2 aromatic carbocycles. The van der Waals surface area contributed by atoms with Crippen LogP contribution in [0.15, 0.2) is 48.8 Å². The number of urea groups is 1. The van der Waals surface area contributed by atoms with E-state index < -0.39 is 17.8 Å². The number of alkyl halides is 3. The maximum atomic E-state index is 13.3. The maximum absolute atomic E-state index is 13.3. The number of likely N-dealkylation sites (tertiary alicyclic amines) is 1. The predicted octanol–water partition coefficient (Wildman–Crippen LogP) is 5.37. The summed E-state index contributed by atoms with van der Waals surface area (Å²) in [6.45, 7) is 1.26. The molecule has 2 aliphatic heterocycles. The molecular formula is C24H23ClF3N5O2. The number of hydrogen-bond acceptors (Lipinski definition) is 4. The third kappa shape index (κ3) is 4.93. The van der Waals surface area contributed by atoms with Gasteiger partial charge in [-0.15, -0.1) is 0 Å². The van der Waals surface area contributed by atoms with E-state index in [1.807, 2.05) is 24.3 Å². The van der Waals surface area contributed by atoms with Crippen LogP contribution in [-0.4, -0.2) is 38.8 Å². The average molecular weight is 506 g/mol. The van der Waals surface area contributed by atoms with Crippen LogP contribution in [0.2, 0.25) is 5.02 Å². The van der Waals surface area contributed by atoms with E-state index >= 15 is 0 Å². The number of fused-ring (bicyclic) bond motifs is 1. The summed E-state index contributed by atoms with van der Waals surface area (Å²) in [6, 6.07) is 9.87. The van der Waals surface area contributed by atoms with Gasteiger partial charge in [-0.05, 0) is 42.7 Å². The van der Waals surface area contributed by atoms with Crippen molar-refractivity contribution in [3.63, 3.8) is 0 Å². The van der Waals surface area contributed by atoms with Crippen LogP contribution in [0, 0.1) is 0 Å². The van der Waals surface area contributed by atoms with Gasteiger partial charge in [0, 0.05) is 23.6 Å². The van der Waals surface area contributed by atoms with Crippen LogP contribution in [0.5, 0.6) is 5.75 Å². The predicted molar refractivity (Wildman–Crippen MR) is 122 cm³/mol. The van der Waals surface area contributed by atoms with Gasteiger partial charge in [-0.2, -0.15) is 18.3 Å². The number of rotatable bonds is 4. The number of ether oxygens (including phenoxy) is 1. The normalized spacial score (nSPS) is 19.8. The molecule has 2 amide bonds. The number of halogens is 4. The van der Waals surface area contributed by atoms with E-state index in [0.29, 0.717) is 35.9 Å². The molecule has 2 atom stereocenters. The van der Waals surface area contributed by atoms with Crippen molar-refractivity contribution < 1.29 is 22.7 Å². The van der Waals surface area contributed by atoms with Crippen LogP contribution in [0.25, 0.3) is 0 Å². The minimum Gasteiger partial charge on any atom is -0.493 e.